The molecule has 1 aliphatic heterocycles. The molecule has 0 spiro atoms. The van der Waals surface area contributed by atoms with Gasteiger partial charge in [0.05, 0.1) is 24.3 Å². The van der Waals surface area contributed by atoms with Crippen molar-refractivity contribution in [3.8, 4) is 17.2 Å². The summed E-state index contributed by atoms with van der Waals surface area (Å²) in [5.74, 6) is 0.789. The van der Waals surface area contributed by atoms with Gasteiger partial charge in [-0.1, -0.05) is 42.2 Å². The molecule has 2 aromatic rings. The van der Waals surface area contributed by atoms with E-state index in [1.54, 1.807) is 18.2 Å². The highest BCUT2D eigenvalue weighted by atomic mass is 32.2. The van der Waals surface area contributed by atoms with E-state index in [1.807, 2.05) is 31.2 Å². The monoisotopic (exact) mass is 387 g/mol. The number of thioether (sulfide) groups is 1. The minimum Gasteiger partial charge on any atom is -0.504 e. The maximum Gasteiger partial charge on any atom is 0.270 e. The number of methoxy groups -OCH3 is 1. The van der Waals surface area contributed by atoms with Crippen LogP contribution < -0.4 is 14.4 Å². The van der Waals surface area contributed by atoms with Crippen LogP contribution in [0.3, 0.4) is 0 Å². The number of nitrogens with zero attached hydrogens (tertiary/aromatic N) is 1. The number of phenols is 1. The van der Waals surface area contributed by atoms with E-state index in [2.05, 4.69) is 0 Å². The highest BCUT2D eigenvalue weighted by Gasteiger charge is 2.34. The molecule has 0 aliphatic carbocycles. The molecule has 1 amide bonds. The number of hydrogen-bond acceptors (Lipinski definition) is 6. The fraction of sp³-hybridized carbons (Fsp3) is 0.158. The molecule has 0 unspecified atom stereocenters. The summed E-state index contributed by atoms with van der Waals surface area (Å²) in [6.07, 6.45) is 1.73. The van der Waals surface area contributed by atoms with Gasteiger partial charge in [0, 0.05) is 0 Å². The number of thiocarbonyl (C=S) groups is 1. The number of ether oxygens (including phenoxy) is 2. The Balaban J connectivity index is 1.95. The second-order valence-electron chi connectivity index (χ2n) is 5.35. The lowest BCUT2D eigenvalue weighted by Crippen LogP contribution is -2.28. The van der Waals surface area contributed by atoms with Gasteiger partial charge in [0.15, 0.2) is 15.8 Å². The first kappa shape index (κ1) is 18.3. The van der Waals surface area contributed by atoms with Crippen molar-refractivity contribution in [3.05, 3.63) is 52.9 Å². The zero-order valence-electron chi connectivity index (χ0n) is 14.3. The molecule has 0 saturated carbocycles. The summed E-state index contributed by atoms with van der Waals surface area (Å²) < 4.78 is 11.2. The van der Waals surface area contributed by atoms with E-state index in [-0.39, 0.29) is 11.7 Å². The molecule has 0 bridgehead atoms. The van der Waals surface area contributed by atoms with E-state index in [0.717, 1.165) is 5.56 Å². The first-order valence-corrected chi connectivity index (χ1v) is 9.14. The number of amides is 1. The van der Waals surface area contributed by atoms with Gasteiger partial charge in [-0.05, 0) is 42.8 Å². The average Bonchev–Trinajstić information content (AvgIpc) is 2.91. The van der Waals surface area contributed by atoms with E-state index in [9.17, 15) is 9.90 Å². The summed E-state index contributed by atoms with van der Waals surface area (Å²) in [6.45, 7) is 2.38. The molecule has 26 heavy (non-hydrogen) atoms. The Hall–Kier alpha value is -2.51. The smallest absolute Gasteiger partial charge is 0.270 e. The van der Waals surface area contributed by atoms with Crippen LogP contribution in [0.4, 0.5) is 5.69 Å². The van der Waals surface area contributed by atoms with Crippen LogP contribution in [0.2, 0.25) is 0 Å². The molecule has 1 fully saturated rings. The van der Waals surface area contributed by atoms with Gasteiger partial charge < -0.3 is 14.6 Å². The Labute approximate surface area is 161 Å². The minimum atomic E-state index is -0.209. The van der Waals surface area contributed by atoms with Gasteiger partial charge in [-0.15, -0.1) is 0 Å². The summed E-state index contributed by atoms with van der Waals surface area (Å²) in [6, 6.07) is 12.2. The molecular formula is C19H17NO4S2. The molecule has 1 aliphatic rings. The van der Waals surface area contributed by atoms with Gasteiger partial charge in [-0.2, -0.15) is 0 Å². The van der Waals surface area contributed by atoms with Gasteiger partial charge in [0.25, 0.3) is 5.91 Å². The van der Waals surface area contributed by atoms with Crippen LogP contribution in [0.5, 0.6) is 17.2 Å². The summed E-state index contributed by atoms with van der Waals surface area (Å²) in [4.78, 5) is 14.9. The summed E-state index contributed by atoms with van der Waals surface area (Å²) in [5, 5.41) is 9.70. The van der Waals surface area contributed by atoms with Gasteiger partial charge in [-0.25, -0.2) is 0 Å². The van der Waals surface area contributed by atoms with Crippen LogP contribution in [0.15, 0.2) is 47.4 Å². The number of rotatable bonds is 5. The topological polar surface area (TPSA) is 59.0 Å². The molecule has 1 saturated heterocycles. The van der Waals surface area contributed by atoms with Gasteiger partial charge in [0.1, 0.15) is 5.75 Å². The molecule has 0 aromatic heterocycles. The molecule has 2 aromatic carbocycles. The van der Waals surface area contributed by atoms with E-state index in [1.165, 1.54) is 29.8 Å². The molecule has 0 radical (unpaired) electrons. The third-order valence-corrected chi connectivity index (χ3v) is 5.00. The summed E-state index contributed by atoms with van der Waals surface area (Å²) in [7, 11) is 1.48. The third-order valence-electron chi connectivity index (χ3n) is 3.70. The Morgan fingerprint density at radius 3 is 2.73 bits per heavy atom. The van der Waals surface area contributed by atoms with Gasteiger partial charge in [0.2, 0.25) is 0 Å². The van der Waals surface area contributed by atoms with Crippen molar-refractivity contribution in [1.82, 2.24) is 0 Å². The average molecular weight is 387 g/mol. The van der Waals surface area contributed by atoms with Crippen LogP contribution in [0.1, 0.15) is 12.5 Å². The molecule has 7 heteroatoms. The first-order chi connectivity index (χ1) is 12.5. The molecule has 0 atom stereocenters. The van der Waals surface area contributed by atoms with Crippen LogP contribution >= 0.6 is 24.0 Å². The second-order valence-corrected chi connectivity index (χ2v) is 7.02. The second kappa shape index (κ2) is 7.80. The molecular weight excluding hydrogens is 370 g/mol. The van der Waals surface area contributed by atoms with Crippen LogP contribution in [0.25, 0.3) is 6.08 Å². The Bertz CT molecular complexity index is 895. The fourth-order valence-corrected chi connectivity index (χ4v) is 3.82. The maximum absolute atomic E-state index is 12.9. The molecule has 3 rings (SSSR count). The van der Waals surface area contributed by atoms with Crippen molar-refractivity contribution >= 4 is 46.0 Å². The zero-order valence-corrected chi connectivity index (χ0v) is 15.9. The Morgan fingerprint density at radius 2 is 2.00 bits per heavy atom. The van der Waals surface area contributed by atoms with Crippen LogP contribution in [-0.2, 0) is 4.79 Å². The molecule has 134 valence electrons. The number of phenolic OH excluding ortho intramolecular Hbond substituents is 1. The maximum atomic E-state index is 12.9. The summed E-state index contributed by atoms with van der Waals surface area (Å²) in [5.41, 5.74) is 1.36. The highest BCUT2D eigenvalue weighted by molar-refractivity contribution is 8.27. The van der Waals surface area contributed by atoms with Gasteiger partial charge >= 0.3 is 0 Å². The van der Waals surface area contributed by atoms with Crippen LogP contribution in [0, 0.1) is 0 Å². The first-order valence-electron chi connectivity index (χ1n) is 7.92. The zero-order chi connectivity index (χ0) is 18.7. The van der Waals surface area contributed by atoms with Crippen molar-refractivity contribution in [2.75, 3.05) is 18.6 Å². The number of anilines is 1. The van der Waals surface area contributed by atoms with E-state index in [0.29, 0.717) is 33.0 Å². The van der Waals surface area contributed by atoms with Crippen molar-refractivity contribution in [2.24, 2.45) is 0 Å². The summed E-state index contributed by atoms with van der Waals surface area (Å²) >= 11 is 6.64. The normalized spacial score (nSPS) is 15.6. The lowest BCUT2D eigenvalue weighted by atomic mass is 10.2. The predicted molar refractivity (Wildman–Crippen MR) is 108 cm³/mol. The minimum absolute atomic E-state index is 0.0443. The number of aromatic hydroxyl groups is 1. The Kier molecular flexibility index (Phi) is 5.49. The number of hydrogen-bond donors (Lipinski definition) is 1. The van der Waals surface area contributed by atoms with E-state index < -0.39 is 0 Å². The Morgan fingerprint density at radius 1 is 1.23 bits per heavy atom. The predicted octanol–water partition coefficient (Wildman–Crippen LogP) is 4.21. The van der Waals surface area contributed by atoms with Crippen molar-refractivity contribution in [3.63, 3.8) is 0 Å². The molecule has 1 heterocycles. The standard InChI is InChI=1S/C19H17NO4S2/c1-3-24-15-7-5-4-6-13(15)20-18(22)17(26-19(20)25)11-12-8-9-14(21)16(10-12)23-2/h4-11,21H,3H2,1-2H3/b17-11+. The van der Waals surface area contributed by atoms with Crippen molar-refractivity contribution in [2.45, 2.75) is 6.92 Å². The van der Waals surface area contributed by atoms with E-state index >= 15 is 0 Å². The number of carbonyl (C=O) groups is 1. The molecule has 5 nitrogen and oxygen atoms in total. The number of benzene rings is 2. The van der Waals surface area contributed by atoms with Crippen molar-refractivity contribution < 1.29 is 19.4 Å². The van der Waals surface area contributed by atoms with Crippen LogP contribution in [-0.4, -0.2) is 29.1 Å². The third kappa shape index (κ3) is 3.54. The quantitative estimate of drug-likeness (QED) is 0.613. The number of carbonyl (C=O) groups excluding carboxylic acids is 1. The van der Waals surface area contributed by atoms with E-state index in [4.69, 9.17) is 21.7 Å². The lowest BCUT2D eigenvalue weighted by molar-refractivity contribution is -0.113. The highest BCUT2D eigenvalue weighted by Crippen LogP contribution is 2.40. The van der Waals surface area contributed by atoms with Crippen molar-refractivity contribution in [1.29, 1.82) is 0 Å². The SMILES string of the molecule is CCOc1ccccc1N1C(=O)/C(=C\c2ccc(O)c(OC)c2)SC1=S. The number of para-hydroxylation sites is 2. The lowest BCUT2D eigenvalue weighted by Gasteiger charge is -2.18. The van der Waals surface area contributed by atoms with Gasteiger partial charge in [-0.3, -0.25) is 9.69 Å². The molecule has 1 N–H and O–H groups in total. The fourth-order valence-electron chi connectivity index (χ4n) is 2.53. The largest absolute Gasteiger partial charge is 0.504 e.